The van der Waals surface area contributed by atoms with Gasteiger partial charge in [0.1, 0.15) is 0 Å². The fraction of sp³-hybridized carbons (Fsp3) is 0. The predicted octanol–water partition coefficient (Wildman–Crippen LogP) is 1.53. The van der Waals surface area contributed by atoms with E-state index in [2.05, 4.69) is 60.8 Å². The molecule has 90 valence electrons. The molecule has 0 aromatic heterocycles. The SMILES string of the molecule is [C-]#[O+].[C-]#[O+].[C-]#[O+].[C-]#[O+].[C-]#[O+].[Cr]=[P]c1ccccc1. The summed E-state index contributed by atoms with van der Waals surface area (Å²) in [5, 5.41) is 1.33. The van der Waals surface area contributed by atoms with Crippen molar-refractivity contribution in [2.75, 3.05) is 0 Å². The number of rotatable bonds is 1. The Bertz CT molecular complexity index is 318. The van der Waals surface area contributed by atoms with Gasteiger partial charge in [-0.05, 0) is 0 Å². The van der Waals surface area contributed by atoms with Crippen molar-refractivity contribution in [1.82, 2.24) is 0 Å². The van der Waals surface area contributed by atoms with Gasteiger partial charge in [-0.2, -0.15) is 0 Å². The maximum absolute atomic E-state index is 7.50. The van der Waals surface area contributed by atoms with E-state index >= 15 is 0 Å². The molecular weight excluding hydrogens is 295 g/mol. The van der Waals surface area contributed by atoms with Crippen LogP contribution >= 0.6 is 6.78 Å². The zero-order valence-corrected chi connectivity index (χ0v) is 11.0. The van der Waals surface area contributed by atoms with Crippen LogP contribution in [0, 0.1) is 33.3 Å². The molecule has 0 saturated carbocycles. The van der Waals surface area contributed by atoms with Crippen molar-refractivity contribution < 1.29 is 38.6 Å². The molecule has 0 atom stereocenters. The third-order valence-electron chi connectivity index (χ3n) is 0.862. The molecule has 7 heteroatoms. The van der Waals surface area contributed by atoms with Crippen molar-refractivity contribution in [2.45, 2.75) is 0 Å². The van der Waals surface area contributed by atoms with Gasteiger partial charge in [0, 0.05) is 0 Å². The fourth-order valence-corrected chi connectivity index (χ4v) is 1.35. The van der Waals surface area contributed by atoms with Gasteiger partial charge in [-0.15, -0.1) is 0 Å². The van der Waals surface area contributed by atoms with E-state index in [0.717, 1.165) is 0 Å². The van der Waals surface area contributed by atoms with Gasteiger partial charge in [0.15, 0.2) is 0 Å². The van der Waals surface area contributed by atoms with Crippen LogP contribution in [-0.2, 0) is 38.6 Å². The van der Waals surface area contributed by atoms with E-state index in [0.29, 0.717) is 0 Å². The van der Waals surface area contributed by atoms with Crippen molar-refractivity contribution in [1.29, 1.82) is 0 Å². The molecule has 0 aliphatic rings. The molecule has 0 N–H and O–H groups in total. The fourth-order valence-electron chi connectivity index (χ4n) is 0.489. The number of hydrogen-bond acceptors (Lipinski definition) is 0. The summed E-state index contributed by atoms with van der Waals surface area (Å²) in [6, 6.07) is 10.3. The summed E-state index contributed by atoms with van der Waals surface area (Å²) >= 11 is 2.93. The van der Waals surface area contributed by atoms with E-state index in [1.54, 1.807) is 0 Å². The molecule has 18 heavy (non-hydrogen) atoms. The maximum atomic E-state index is 7.50. The van der Waals surface area contributed by atoms with Gasteiger partial charge in [-0.1, -0.05) is 0 Å². The summed E-state index contributed by atoms with van der Waals surface area (Å²) in [5.74, 6) is 0. The average Bonchev–Trinajstić information content (AvgIpc) is 2.57. The molecule has 0 bridgehead atoms. The Hall–Kier alpha value is -1.25. The van der Waals surface area contributed by atoms with Gasteiger partial charge in [0.2, 0.25) is 0 Å². The third-order valence-corrected chi connectivity index (χ3v) is 2.36. The second-order valence-electron chi connectivity index (χ2n) is 1.43. The van der Waals surface area contributed by atoms with E-state index in [-0.39, 0.29) is 0 Å². The van der Waals surface area contributed by atoms with Crippen LogP contribution in [0.15, 0.2) is 30.3 Å². The van der Waals surface area contributed by atoms with Gasteiger partial charge in [-0.25, -0.2) is 0 Å². The minimum absolute atomic E-state index is 1.22. The molecule has 1 aromatic carbocycles. The summed E-state index contributed by atoms with van der Waals surface area (Å²) in [4.78, 5) is 0. The van der Waals surface area contributed by atoms with Gasteiger partial charge >= 0.3 is 114 Å². The summed E-state index contributed by atoms with van der Waals surface area (Å²) in [6.07, 6.45) is 0. The Morgan fingerprint density at radius 2 is 0.944 bits per heavy atom. The van der Waals surface area contributed by atoms with Crippen LogP contribution < -0.4 is 5.30 Å². The van der Waals surface area contributed by atoms with Crippen LogP contribution in [0.4, 0.5) is 0 Å². The summed E-state index contributed by atoms with van der Waals surface area (Å²) in [5.41, 5.74) is 0. The van der Waals surface area contributed by atoms with Crippen LogP contribution in [0.25, 0.3) is 0 Å². The van der Waals surface area contributed by atoms with E-state index in [1.807, 2.05) is 18.2 Å². The van der Waals surface area contributed by atoms with Crippen LogP contribution in [0.5, 0.6) is 0 Å². The molecule has 0 saturated heterocycles. The Kier molecular flexibility index (Phi) is 95.4. The summed E-state index contributed by atoms with van der Waals surface area (Å²) in [6.45, 7) is 23.7. The molecular formula is C11H5CrO5P. The minimum atomic E-state index is 1.22. The zero-order valence-electron chi connectivity index (χ0n) is 8.78. The topological polar surface area (TPSA) is 99.5 Å². The van der Waals surface area contributed by atoms with Gasteiger partial charge < -0.3 is 0 Å². The quantitative estimate of drug-likeness (QED) is 0.427. The standard InChI is InChI=1S/C6H5P.5CO.Cr/c7-6-4-2-1-3-5-6;5*1-2;/h1-5H;;;;;;. The summed E-state index contributed by atoms with van der Waals surface area (Å²) < 4.78 is 37.5. The Morgan fingerprint density at radius 1 is 0.667 bits per heavy atom. The Morgan fingerprint density at radius 3 is 1.11 bits per heavy atom. The monoisotopic (exact) mass is 300 g/mol. The Balaban J connectivity index is -0.0000000482. The predicted molar refractivity (Wildman–Crippen MR) is 52.6 cm³/mol. The molecule has 1 aromatic rings. The van der Waals surface area contributed by atoms with Crippen LogP contribution in [0.1, 0.15) is 0 Å². The molecule has 0 unspecified atom stereocenters. The normalized spacial score (nSPS) is 4.78. The van der Waals surface area contributed by atoms with Crippen LogP contribution in [0.3, 0.4) is 0 Å². The molecule has 0 heterocycles. The average molecular weight is 300 g/mol. The Labute approximate surface area is 114 Å². The number of hydrogen-bond donors (Lipinski definition) is 0. The van der Waals surface area contributed by atoms with Gasteiger partial charge in [-0.3, -0.25) is 0 Å². The van der Waals surface area contributed by atoms with E-state index in [1.165, 1.54) is 12.1 Å². The molecule has 0 aliphatic carbocycles. The van der Waals surface area contributed by atoms with E-state index in [4.69, 9.17) is 23.3 Å². The zero-order chi connectivity index (χ0) is 15.8. The van der Waals surface area contributed by atoms with Gasteiger partial charge in [0.25, 0.3) is 0 Å². The molecule has 0 spiro atoms. The first-order valence-electron chi connectivity index (χ1n) is 3.34. The second-order valence-corrected chi connectivity index (χ2v) is 2.98. The van der Waals surface area contributed by atoms with Crippen molar-refractivity contribution in [2.24, 2.45) is 0 Å². The van der Waals surface area contributed by atoms with Crippen LogP contribution in [-0.4, -0.2) is 0 Å². The first kappa shape index (κ1) is 30.1. The molecule has 1 rings (SSSR count). The first-order chi connectivity index (χ1) is 8.93. The first-order valence-corrected chi connectivity index (χ1v) is 5.86. The van der Waals surface area contributed by atoms with Crippen LogP contribution in [0.2, 0.25) is 0 Å². The van der Waals surface area contributed by atoms with Crippen molar-refractivity contribution in [3.8, 4) is 0 Å². The third kappa shape index (κ3) is 36.4. The van der Waals surface area contributed by atoms with Crippen molar-refractivity contribution in [3.05, 3.63) is 63.6 Å². The van der Waals surface area contributed by atoms with Crippen molar-refractivity contribution >= 4 is 12.1 Å². The molecule has 5 nitrogen and oxygen atoms in total. The molecule has 0 fully saturated rings. The molecule has 0 amide bonds. The summed E-state index contributed by atoms with van der Waals surface area (Å²) in [7, 11) is 0. The second kappa shape index (κ2) is 57.0. The number of benzene rings is 1. The van der Waals surface area contributed by atoms with Crippen molar-refractivity contribution in [3.63, 3.8) is 0 Å². The van der Waals surface area contributed by atoms with E-state index < -0.39 is 0 Å². The van der Waals surface area contributed by atoms with E-state index in [9.17, 15) is 0 Å². The molecule has 0 radical (unpaired) electrons. The molecule has 0 aliphatic heterocycles. The van der Waals surface area contributed by atoms with Gasteiger partial charge in [0.05, 0.1) is 0 Å².